The zero-order valence-corrected chi connectivity index (χ0v) is 17.6. The monoisotopic (exact) mass is 413 g/mol. The Hall–Kier alpha value is -2.93. The molecule has 1 aliphatic carbocycles. The first-order valence-corrected chi connectivity index (χ1v) is 10.0. The Morgan fingerprint density at radius 3 is 2.23 bits per heavy atom. The summed E-state index contributed by atoms with van der Waals surface area (Å²) in [5.74, 6) is -0.755. The first-order valence-electron chi connectivity index (χ1n) is 10.0. The average Bonchev–Trinajstić information content (AvgIpc) is 3.19. The minimum Gasteiger partial charge on any atom is -0.489 e. The fourth-order valence-electron chi connectivity index (χ4n) is 3.81. The molecule has 2 aliphatic rings. The first kappa shape index (κ1) is 21.8. The molecule has 1 heterocycles. The first-order chi connectivity index (χ1) is 14.3. The molecular formula is C23H27NO6. The summed E-state index contributed by atoms with van der Waals surface area (Å²) in [5.41, 5.74) is 2.66. The van der Waals surface area contributed by atoms with Gasteiger partial charge < -0.3 is 19.5 Å². The van der Waals surface area contributed by atoms with E-state index in [4.69, 9.17) is 9.47 Å². The minimum absolute atomic E-state index is 0.0514. The fourth-order valence-corrected chi connectivity index (χ4v) is 3.81. The number of aliphatic hydroxyl groups excluding tert-OH is 1. The highest BCUT2D eigenvalue weighted by molar-refractivity contribution is 6.23. The van der Waals surface area contributed by atoms with Gasteiger partial charge in [-0.2, -0.15) is 0 Å². The lowest BCUT2D eigenvalue weighted by molar-refractivity contribution is -0.130. The number of hydrogen-bond donors (Lipinski definition) is 1. The predicted octanol–water partition coefficient (Wildman–Crippen LogP) is 1.73. The molecule has 1 fully saturated rings. The maximum Gasteiger partial charge on any atom is 0.228 e. The molecular weight excluding hydrogens is 386 g/mol. The number of Topliss-reactive ketones (excluding diaryl/α,β-unsaturated/α-hetero) is 2. The van der Waals surface area contributed by atoms with Crippen LogP contribution in [0.2, 0.25) is 0 Å². The van der Waals surface area contributed by atoms with Crippen molar-refractivity contribution in [3.63, 3.8) is 0 Å². The summed E-state index contributed by atoms with van der Waals surface area (Å²) in [6.07, 6.45) is 1.55. The van der Waals surface area contributed by atoms with E-state index in [1.165, 1.54) is 14.2 Å². The van der Waals surface area contributed by atoms with Gasteiger partial charge in [0.2, 0.25) is 29.0 Å². The molecule has 0 spiro atoms. The topological polar surface area (TPSA) is 93.1 Å². The lowest BCUT2D eigenvalue weighted by atomic mass is 9.88. The number of allylic oxidation sites excluding steroid dienone is 2. The number of carbonyl (C=O) groups is 3. The molecule has 1 aromatic carbocycles. The molecule has 1 aliphatic heterocycles. The Balaban J connectivity index is 1.64. The van der Waals surface area contributed by atoms with Gasteiger partial charge in [-0.25, -0.2) is 0 Å². The van der Waals surface area contributed by atoms with Gasteiger partial charge in [0.05, 0.1) is 20.3 Å². The molecule has 0 bridgehead atoms. The van der Waals surface area contributed by atoms with Crippen LogP contribution in [0, 0.1) is 0 Å². The van der Waals surface area contributed by atoms with Crippen LogP contribution in [0.4, 0.5) is 0 Å². The molecule has 7 heteroatoms. The smallest absolute Gasteiger partial charge is 0.228 e. The molecule has 1 saturated heterocycles. The number of β-amino-alcohol motifs (C(OH)–C–C–N with tert-alkyl or cyclic N) is 1. The molecule has 1 amide bonds. The third kappa shape index (κ3) is 4.46. The summed E-state index contributed by atoms with van der Waals surface area (Å²) in [6, 6.07) is 7.67. The largest absolute Gasteiger partial charge is 0.489 e. The molecule has 1 aromatic rings. The van der Waals surface area contributed by atoms with Crippen molar-refractivity contribution in [2.24, 2.45) is 0 Å². The van der Waals surface area contributed by atoms with Crippen LogP contribution in [-0.4, -0.2) is 60.9 Å². The van der Waals surface area contributed by atoms with E-state index in [1.54, 1.807) is 11.8 Å². The third-order valence-corrected chi connectivity index (χ3v) is 5.64. The van der Waals surface area contributed by atoms with E-state index in [9.17, 15) is 19.5 Å². The van der Waals surface area contributed by atoms with E-state index < -0.39 is 6.10 Å². The van der Waals surface area contributed by atoms with Gasteiger partial charge in [0, 0.05) is 37.1 Å². The van der Waals surface area contributed by atoms with Gasteiger partial charge in [-0.3, -0.25) is 14.4 Å². The number of likely N-dealkylation sites (tertiary alicyclic amines) is 1. The van der Waals surface area contributed by atoms with Crippen LogP contribution >= 0.6 is 0 Å². The van der Waals surface area contributed by atoms with Crippen molar-refractivity contribution < 1.29 is 29.0 Å². The van der Waals surface area contributed by atoms with Crippen molar-refractivity contribution in [2.75, 3.05) is 27.3 Å². The van der Waals surface area contributed by atoms with Gasteiger partial charge in [-0.15, -0.1) is 0 Å². The highest BCUT2D eigenvalue weighted by Gasteiger charge is 2.34. The van der Waals surface area contributed by atoms with E-state index in [1.807, 2.05) is 24.3 Å². The number of aryl methyl sites for hydroxylation is 1. The lowest BCUT2D eigenvalue weighted by Crippen LogP contribution is -2.29. The van der Waals surface area contributed by atoms with Crippen LogP contribution in [0.5, 0.6) is 0 Å². The van der Waals surface area contributed by atoms with Crippen LogP contribution in [0.3, 0.4) is 0 Å². The van der Waals surface area contributed by atoms with Crippen LogP contribution in [-0.2, 0) is 36.7 Å². The predicted molar refractivity (Wildman–Crippen MR) is 109 cm³/mol. The third-order valence-electron chi connectivity index (χ3n) is 5.64. The quantitative estimate of drug-likeness (QED) is 0.685. The molecule has 0 aromatic heterocycles. The Labute approximate surface area is 176 Å². The fraction of sp³-hybridized carbons (Fsp3) is 0.435. The second-order valence-electron chi connectivity index (χ2n) is 7.60. The van der Waals surface area contributed by atoms with Crippen LogP contribution in [0.1, 0.15) is 30.9 Å². The number of methoxy groups -OCH3 is 2. The Morgan fingerprint density at radius 2 is 1.67 bits per heavy atom. The number of nitrogens with zero attached hydrogens (tertiary/aromatic N) is 1. The second-order valence-corrected chi connectivity index (χ2v) is 7.60. The van der Waals surface area contributed by atoms with Crippen molar-refractivity contribution >= 4 is 17.5 Å². The minimum atomic E-state index is -0.409. The normalized spacial score (nSPS) is 19.6. The number of hydrogen-bond acceptors (Lipinski definition) is 6. The summed E-state index contributed by atoms with van der Waals surface area (Å²) < 4.78 is 10.2. The van der Waals surface area contributed by atoms with E-state index in [2.05, 4.69) is 0 Å². The van der Waals surface area contributed by atoms with Gasteiger partial charge in [-0.05, 0) is 30.9 Å². The maximum absolute atomic E-state index is 12.7. The molecule has 160 valence electrons. The van der Waals surface area contributed by atoms with E-state index in [0.717, 1.165) is 11.1 Å². The molecule has 1 N–H and O–H groups in total. The van der Waals surface area contributed by atoms with Crippen LogP contribution < -0.4 is 0 Å². The van der Waals surface area contributed by atoms with Gasteiger partial charge in [0.15, 0.2) is 0 Å². The number of amides is 1. The van der Waals surface area contributed by atoms with Crippen LogP contribution in [0.25, 0.3) is 0 Å². The zero-order valence-electron chi connectivity index (χ0n) is 17.6. The Bertz CT molecular complexity index is 912. The van der Waals surface area contributed by atoms with Crippen molar-refractivity contribution in [1.29, 1.82) is 0 Å². The molecule has 1 atom stereocenters. The summed E-state index contributed by atoms with van der Waals surface area (Å²) in [6.45, 7) is 2.65. The molecule has 3 rings (SSSR count). The molecule has 7 nitrogen and oxygen atoms in total. The van der Waals surface area contributed by atoms with Gasteiger partial charge in [-0.1, -0.05) is 24.3 Å². The average molecular weight is 413 g/mol. The van der Waals surface area contributed by atoms with Gasteiger partial charge in [0.25, 0.3) is 0 Å². The molecule has 30 heavy (non-hydrogen) atoms. The van der Waals surface area contributed by atoms with Crippen molar-refractivity contribution in [3.05, 3.63) is 58.1 Å². The summed E-state index contributed by atoms with van der Waals surface area (Å²) in [4.78, 5) is 39.2. The molecule has 1 unspecified atom stereocenters. The summed E-state index contributed by atoms with van der Waals surface area (Å²) >= 11 is 0. The van der Waals surface area contributed by atoms with E-state index in [-0.39, 0.29) is 29.0 Å². The SMILES string of the molecule is COC1=C(OC)C(=O)C(Cc2ccc(CCC(=O)N3CCC(O)C3)cc2)=C(C)C1=O. The van der Waals surface area contributed by atoms with Crippen molar-refractivity contribution in [1.82, 2.24) is 4.90 Å². The second kappa shape index (κ2) is 9.26. The van der Waals surface area contributed by atoms with Gasteiger partial charge >= 0.3 is 0 Å². The van der Waals surface area contributed by atoms with E-state index >= 15 is 0 Å². The number of ketones is 2. The maximum atomic E-state index is 12.7. The highest BCUT2D eigenvalue weighted by Crippen LogP contribution is 2.28. The summed E-state index contributed by atoms with van der Waals surface area (Å²) in [5, 5.41) is 9.55. The van der Waals surface area contributed by atoms with E-state index in [0.29, 0.717) is 49.9 Å². The lowest BCUT2D eigenvalue weighted by Gasteiger charge is -2.20. The standard InChI is InChI=1S/C23H27NO6/c1-14-18(21(28)23(30-3)22(29-2)20(14)27)12-16-6-4-15(5-7-16)8-9-19(26)24-11-10-17(25)13-24/h4-7,17,25H,8-13H2,1-3H3. The molecule has 0 saturated carbocycles. The van der Waals surface area contributed by atoms with Crippen molar-refractivity contribution in [2.45, 2.75) is 38.7 Å². The number of ether oxygens (including phenoxy) is 2. The summed E-state index contributed by atoms with van der Waals surface area (Å²) in [7, 11) is 2.68. The Kier molecular flexibility index (Phi) is 6.72. The highest BCUT2D eigenvalue weighted by atomic mass is 16.5. The van der Waals surface area contributed by atoms with Crippen LogP contribution in [0.15, 0.2) is 46.9 Å². The Morgan fingerprint density at radius 1 is 1.07 bits per heavy atom. The number of rotatable bonds is 7. The number of carbonyl (C=O) groups excluding carboxylic acids is 3. The molecule has 0 radical (unpaired) electrons. The van der Waals surface area contributed by atoms with Gasteiger partial charge in [0.1, 0.15) is 0 Å². The zero-order chi connectivity index (χ0) is 21.8. The number of aliphatic hydroxyl groups is 1. The number of benzene rings is 1. The van der Waals surface area contributed by atoms with Crippen molar-refractivity contribution in [3.8, 4) is 0 Å².